The minimum atomic E-state index is -3.54. The second kappa shape index (κ2) is 7.80. The van der Waals surface area contributed by atoms with E-state index in [-0.39, 0.29) is 16.8 Å². The van der Waals surface area contributed by atoms with Crippen LogP contribution in [0, 0.1) is 13.8 Å². The van der Waals surface area contributed by atoms with Crippen molar-refractivity contribution in [3.63, 3.8) is 0 Å². The maximum Gasteiger partial charge on any atom is 0.255 e. The van der Waals surface area contributed by atoms with Gasteiger partial charge < -0.3 is 5.32 Å². The first-order valence-electron chi connectivity index (χ1n) is 8.23. The summed E-state index contributed by atoms with van der Waals surface area (Å²) in [6.07, 6.45) is 0.712. The Balaban J connectivity index is 2.13. The number of anilines is 1. The van der Waals surface area contributed by atoms with Gasteiger partial charge in [0.15, 0.2) is 0 Å². The highest BCUT2D eigenvalue weighted by Gasteiger charge is 2.16. The molecule has 0 aliphatic rings. The third kappa shape index (κ3) is 5.14. The molecular weight excluding hydrogens is 336 g/mol. The fraction of sp³-hybridized carbons (Fsp3) is 0.316. The summed E-state index contributed by atoms with van der Waals surface area (Å²) in [5.41, 5.74) is 3.16. The smallest absolute Gasteiger partial charge is 0.255 e. The molecule has 0 heterocycles. The van der Waals surface area contributed by atoms with Gasteiger partial charge in [-0.3, -0.25) is 4.79 Å². The first-order chi connectivity index (χ1) is 11.7. The molecule has 2 aromatic rings. The summed E-state index contributed by atoms with van der Waals surface area (Å²) in [4.78, 5) is 12.5. The van der Waals surface area contributed by atoms with Crippen LogP contribution in [0.3, 0.4) is 0 Å². The first kappa shape index (κ1) is 19.1. The Morgan fingerprint density at radius 3 is 2.12 bits per heavy atom. The molecule has 0 spiro atoms. The number of rotatable bonds is 6. The van der Waals surface area contributed by atoms with E-state index in [1.54, 1.807) is 12.1 Å². The Labute approximate surface area is 149 Å². The van der Waals surface area contributed by atoms with Gasteiger partial charge in [-0.2, -0.15) is 0 Å². The Bertz CT molecular complexity index is 838. The van der Waals surface area contributed by atoms with Gasteiger partial charge >= 0.3 is 0 Å². The molecule has 0 bridgehead atoms. The van der Waals surface area contributed by atoms with Gasteiger partial charge in [-0.25, -0.2) is 13.1 Å². The molecule has 1 atom stereocenters. The summed E-state index contributed by atoms with van der Waals surface area (Å²) >= 11 is 0. The third-order valence-electron chi connectivity index (χ3n) is 3.88. The van der Waals surface area contributed by atoms with Gasteiger partial charge in [-0.1, -0.05) is 24.1 Å². The summed E-state index contributed by atoms with van der Waals surface area (Å²) in [6, 6.07) is 11.7. The van der Waals surface area contributed by atoms with Crippen molar-refractivity contribution in [3.05, 3.63) is 59.2 Å². The molecule has 6 heteroatoms. The molecule has 0 aliphatic heterocycles. The van der Waals surface area contributed by atoms with Crippen LogP contribution in [-0.2, 0) is 10.0 Å². The van der Waals surface area contributed by atoms with E-state index < -0.39 is 10.0 Å². The summed E-state index contributed by atoms with van der Waals surface area (Å²) in [5.74, 6) is -0.222. The lowest BCUT2D eigenvalue weighted by molar-refractivity contribution is 0.102. The van der Waals surface area contributed by atoms with Crippen molar-refractivity contribution >= 4 is 21.6 Å². The molecule has 25 heavy (non-hydrogen) atoms. The summed E-state index contributed by atoms with van der Waals surface area (Å²) in [5, 5.41) is 2.79. The maximum atomic E-state index is 12.3. The van der Waals surface area contributed by atoms with Crippen LogP contribution >= 0.6 is 0 Å². The fourth-order valence-corrected chi connectivity index (χ4v) is 3.77. The van der Waals surface area contributed by atoms with Crippen LogP contribution in [0.2, 0.25) is 0 Å². The average molecular weight is 360 g/mol. The third-order valence-corrected chi connectivity index (χ3v) is 5.48. The molecule has 2 aromatic carbocycles. The largest absolute Gasteiger partial charge is 0.322 e. The quantitative estimate of drug-likeness (QED) is 0.826. The molecule has 2 N–H and O–H groups in total. The van der Waals surface area contributed by atoms with E-state index >= 15 is 0 Å². The Kier molecular flexibility index (Phi) is 5.98. The Morgan fingerprint density at radius 1 is 1.04 bits per heavy atom. The van der Waals surface area contributed by atoms with Gasteiger partial charge in [0.1, 0.15) is 0 Å². The highest BCUT2D eigenvalue weighted by molar-refractivity contribution is 7.89. The number of amides is 1. The number of nitrogens with one attached hydrogen (secondary N) is 2. The fourth-order valence-electron chi connectivity index (χ4n) is 2.44. The number of benzene rings is 2. The van der Waals surface area contributed by atoms with Crippen molar-refractivity contribution in [1.82, 2.24) is 4.72 Å². The SMILES string of the molecule is CC[C@@H](C)NS(=O)(=O)c1ccc(NC(=O)c2cc(C)cc(C)c2)cc1. The molecule has 1 amide bonds. The van der Waals surface area contributed by atoms with E-state index in [4.69, 9.17) is 0 Å². The predicted octanol–water partition coefficient (Wildman–Crippen LogP) is 3.63. The van der Waals surface area contributed by atoms with E-state index in [0.29, 0.717) is 17.7 Å². The number of hydrogen-bond donors (Lipinski definition) is 2. The monoisotopic (exact) mass is 360 g/mol. The zero-order valence-electron chi connectivity index (χ0n) is 15.0. The average Bonchev–Trinajstić information content (AvgIpc) is 2.54. The van der Waals surface area contributed by atoms with E-state index in [2.05, 4.69) is 10.0 Å². The Morgan fingerprint density at radius 2 is 1.60 bits per heavy atom. The van der Waals surface area contributed by atoms with E-state index in [9.17, 15) is 13.2 Å². The normalized spacial score (nSPS) is 12.6. The number of aryl methyl sites for hydroxylation is 2. The molecule has 0 unspecified atom stereocenters. The number of sulfonamides is 1. The Hall–Kier alpha value is -2.18. The second-order valence-electron chi connectivity index (χ2n) is 6.29. The molecular formula is C19H24N2O3S. The minimum absolute atomic E-state index is 0.131. The summed E-state index contributed by atoms with van der Waals surface area (Å²) in [7, 11) is -3.54. The summed E-state index contributed by atoms with van der Waals surface area (Å²) in [6.45, 7) is 7.61. The second-order valence-corrected chi connectivity index (χ2v) is 8.00. The predicted molar refractivity (Wildman–Crippen MR) is 100 cm³/mol. The minimum Gasteiger partial charge on any atom is -0.322 e. The molecule has 0 fully saturated rings. The van der Waals surface area contributed by atoms with Gasteiger partial charge in [-0.15, -0.1) is 0 Å². The number of hydrogen-bond acceptors (Lipinski definition) is 3. The van der Waals surface area contributed by atoms with E-state index in [1.807, 2.05) is 45.9 Å². The van der Waals surface area contributed by atoms with Crippen LogP contribution in [0.15, 0.2) is 47.4 Å². The van der Waals surface area contributed by atoms with Crippen LogP contribution in [0.5, 0.6) is 0 Å². The van der Waals surface area contributed by atoms with Crippen molar-refractivity contribution in [3.8, 4) is 0 Å². The van der Waals surface area contributed by atoms with E-state index in [0.717, 1.165) is 11.1 Å². The number of carbonyl (C=O) groups is 1. The van der Waals surface area contributed by atoms with Gasteiger partial charge in [0.25, 0.3) is 5.91 Å². The van der Waals surface area contributed by atoms with Gasteiger partial charge in [-0.05, 0) is 63.6 Å². The van der Waals surface area contributed by atoms with Crippen molar-refractivity contribution < 1.29 is 13.2 Å². The highest BCUT2D eigenvalue weighted by atomic mass is 32.2. The number of carbonyl (C=O) groups excluding carboxylic acids is 1. The lowest BCUT2D eigenvalue weighted by Crippen LogP contribution is -2.31. The molecule has 5 nitrogen and oxygen atoms in total. The van der Waals surface area contributed by atoms with Crippen molar-refractivity contribution in [1.29, 1.82) is 0 Å². The first-order valence-corrected chi connectivity index (χ1v) is 9.71. The molecule has 0 aromatic heterocycles. The van der Waals surface area contributed by atoms with Crippen LogP contribution in [-0.4, -0.2) is 20.4 Å². The van der Waals surface area contributed by atoms with Crippen molar-refractivity contribution in [2.75, 3.05) is 5.32 Å². The molecule has 2 rings (SSSR count). The van der Waals surface area contributed by atoms with Crippen molar-refractivity contribution in [2.24, 2.45) is 0 Å². The van der Waals surface area contributed by atoms with Gasteiger partial charge in [0.05, 0.1) is 4.90 Å². The molecule has 0 radical (unpaired) electrons. The highest BCUT2D eigenvalue weighted by Crippen LogP contribution is 2.16. The van der Waals surface area contributed by atoms with E-state index in [1.165, 1.54) is 12.1 Å². The topological polar surface area (TPSA) is 75.3 Å². The lowest BCUT2D eigenvalue weighted by Gasteiger charge is -2.12. The van der Waals surface area contributed by atoms with Crippen LogP contribution in [0.25, 0.3) is 0 Å². The van der Waals surface area contributed by atoms with Crippen molar-refractivity contribution in [2.45, 2.75) is 45.1 Å². The molecule has 0 saturated heterocycles. The lowest BCUT2D eigenvalue weighted by atomic mass is 10.1. The van der Waals surface area contributed by atoms with Gasteiger partial charge in [0.2, 0.25) is 10.0 Å². The molecule has 0 aliphatic carbocycles. The summed E-state index contributed by atoms with van der Waals surface area (Å²) < 4.78 is 27.1. The van der Waals surface area contributed by atoms with Crippen LogP contribution in [0.1, 0.15) is 41.8 Å². The standard InChI is InChI=1S/C19H24N2O3S/c1-5-15(4)21-25(23,24)18-8-6-17(7-9-18)20-19(22)16-11-13(2)10-14(3)12-16/h6-12,15,21H,5H2,1-4H3,(H,20,22)/t15-/m1/s1. The maximum absolute atomic E-state index is 12.3. The van der Waals surface area contributed by atoms with Crippen LogP contribution in [0.4, 0.5) is 5.69 Å². The van der Waals surface area contributed by atoms with Gasteiger partial charge in [0, 0.05) is 17.3 Å². The molecule has 0 saturated carbocycles. The zero-order valence-corrected chi connectivity index (χ0v) is 15.8. The zero-order chi connectivity index (χ0) is 18.6. The molecule has 134 valence electrons. The van der Waals surface area contributed by atoms with Crippen LogP contribution < -0.4 is 10.0 Å².